The predicted octanol–water partition coefficient (Wildman–Crippen LogP) is 3.17. The lowest BCUT2D eigenvalue weighted by atomic mass is 9.85. The minimum Gasteiger partial charge on any atom is -0.496 e. The molecule has 1 aromatic rings. The van der Waals surface area contributed by atoms with Crippen LogP contribution in [0.2, 0.25) is 0 Å². The van der Waals surface area contributed by atoms with Crippen molar-refractivity contribution < 1.29 is 9.47 Å². The zero-order valence-electron chi connectivity index (χ0n) is 13.7. The highest BCUT2D eigenvalue weighted by molar-refractivity contribution is 5.47. The van der Waals surface area contributed by atoms with Crippen LogP contribution in [-0.4, -0.2) is 19.3 Å². The van der Waals surface area contributed by atoms with Crippen molar-refractivity contribution in [2.75, 3.05) is 13.7 Å². The first-order valence-electron chi connectivity index (χ1n) is 7.83. The summed E-state index contributed by atoms with van der Waals surface area (Å²) in [7, 11) is 1.72. The van der Waals surface area contributed by atoms with E-state index >= 15 is 0 Å². The summed E-state index contributed by atoms with van der Waals surface area (Å²) < 4.78 is 11.8. The number of rotatable bonds is 6. The van der Waals surface area contributed by atoms with E-state index in [0.29, 0.717) is 6.61 Å². The molecule has 1 saturated carbocycles. The molecule has 3 N–H and O–H groups in total. The molecule has 0 aromatic heterocycles. The van der Waals surface area contributed by atoms with Crippen molar-refractivity contribution in [2.24, 2.45) is 5.84 Å². The van der Waals surface area contributed by atoms with Gasteiger partial charge in [-0.05, 0) is 44.7 Å². The molecule has 4 heteroatoms. The van der Waals surface area contributed by atoms with Gasteiger partial charge >= 0.3 is 0 Å². The van der Waals surface area contributed by atoms with Crippen LogP contribution in [0.5, 0.6) is 5.75 Å². The zero-order chi connectivity index (χ0) is 15.5. The quantitative estimate of drug-likeness (QED) is 0.624. The van der Waals surface area contributed by atoms with Crippen molar-refractivity contribution in [1.29, 1.82) is 0 Å². The third-order valence-corrected chi connectivity index (χ3v) is 4.80. The van der Waals surface area contributed by atoms with Gasteiger partial charge in [0.2, 0.25) is 0 Å². The third-order valence-electron chi connectivity index (χ3n) is 4.80. The summed E-state index contributed by atoms with van der Waals surface area (Å²) in [5, 5.41) is 0. The Morgan fingerprint density at radius 1 is 1.29 bits per heavy atom. The van der Waals surface area contributed by atoms with Crippen LogP contribution in [-0.2, 0) is 4.74 Å². The molecule has 1 atom stereocenters. The van der Waals surface area contributed by atoms with Gasteiger partial charge in [0.05, 0.1) is 18.8 Å². The molecule has 2 rings (SSSR count). The average molecular weight is 292 g/mol. The average Bonchev–Trinajstić information content (AvgIpc) is 2.93. The molecule has 0 saturated heterocycles. The van der Waals surface area contributed by atoms with E-state index < -0.39 is 0 Å². The minimum atomic E-state index is -0.224. The highest BCUT2D eigenvalue weighted by Crippen LogP contribution is 2.45. The Morgan fingerprint density at radius 3 is 2.48 bits per heavy atom. The molecule has 4 nitrogen and oxygen atoms in total. The van der Waals surface area contributed by atoms with Gasteiger partial charge in [0, 0.05) is 12.2 Å². The van der Waals surface area contributed by atoms with Crippen LogP contribution in [0.4, 0.5) is 0 Å². The summed E-state index contributed by atoms with van der Waals surface area (Å²) in [4.78, 5) is 0. The maximum atomic E-state index is 6.17. The summed E-state index contributed by atoms with van der Waals surface area (Å²) in [5.41, 5.74) is 6.27. The summed E-state index contributed by atoms with van der Waals surface area (Å²) in [6.07, 6.45) is 4.44. The number of ether oxygens (including phenoxy) is 2. The monoisotopic (exact) mass is 292 g/mol. The first kappa shape index (κ1) is 16.3. The lowest BCUT2D eigenvalue weighted by Gasteiger charge is -2.38. The van der Waals surface area contributed by atoms with Gasteiger partial charge < -0.3 is 9.47 Å². The SMILES string of the molecule is CCOC1(C(NN)c2ccc(C)c(C)c2OC)CCCC1. The van der Waals surface area contributed by atoms with Crippen LogP contribution >= 0.6 is 0 Å². The molecule has 0 spiro atoms. The topological polar surface area (TPSA) is 56.5 Å². The number of hydrazine groups is 1. The van der Waals surface area contributed by atoms with Crippen LogP contribution in [0.25, 0.3) is 0 Å². The molecule has 1 unspecified atom stereocenters. The Labute approximate surface area is 128 Å². The predicted molar refractivity (Wildman–Crippen MR) is 85.4 cm³/mol. The van der Waals surface area contributed by atoms with Crippen molar-refractivity contribution >= 4 is 0 Å². The van der Waals surface area contributed by atoms with Crippen LogP contribution in [0.15, 0.2) is 12.1 Å². The van der Waals surface area contributed by atoms with Gasteiger partial charge in [-0.25, -0.2) is 5.43 Å². The van der Waals surface area contributed by atoms with E-state index in [0.717, 1.165) is 24.2 Å². The number of nitrogens with one attached hydrogen (secondary N) is 1. The van der Waals surface area contributed by atoms with E-state index in [1.807, 2.05) is 6.92 Å². The van der Waals surface area contributed by atoms with Gasteiger partial charge in [0.15, 0.2) is 0 Å². The lowest BCUT2D eigenvalue weighted by Crippen LogP contribution is -2.47. The summed E-state index contributed by atoms with van der Waals surface area (Å²) in [5.74, 6) is 6.85. The van der Waals surface area contributed by atoms with Crippen LogP contribution < -0.4 is 16.0 Å². The molecule has 0 amide bonds. The van der Waals surface area contributed by atoms with Crippen LogP contribution in [0.3, 0.4) is 0 Å². The van der Waals surface area contributed by atoms with Crippen LogP contribution in [0.1, 0.15) is 55.3 Å². The second-order valence-electron chi connectivity index (χ2n) is 5.93. The third kappa shape index (κ3) is 2.93. The largest absolute Gasteiger partial charge is 0.496 e. The number of nitrogens with two attached hydrogens (primary N) is 1. The normalized spacial score (nSPS) is 18.7. The molecule has 0 radical (unpaired) electrons. The van der Waals surface area contributed by atoms with E-state index in [4.69, 9.17) is 15.3 Å². The number of methoxy groups -OCH3 is 1. The fourth-order valence-corrected chi connectivity index (χ4v) is 3.61. The fourth-order valence-electron chi connectivity index (χ4n) is 3.61. The van der Waals surface area contributed by atoms with E-state index in [1.165, 1.54) is 24.0 Å². The van der Waals surface area contributed by atoms with Crippen molar-refractivity contribution in [1.82, 2.24) is 5.43 Å². The number of hydrogen-bond donors (Lipinski definition) is 2. The first-order valence-corrected chi connectivity index (χ1v) is 7.83. The molecule has 0 aliphatic heterocycles. The number of hydrogen-bond acceptors (Lipinski definition) is 4. The van der Waals surface area contributed by atoms with E-state index in [1.54, 1.807) is 7.11 Å². The van der Waals surface area contributed by atoms with Crippen molar-refractivity contribution in [3.8, 4) is 5.75 Å². The molecule has 118 valence electrons. The maximum Gasteiger partial charge on any atom is 0.126 e. The molecule has 0 heterocycles. The summed E-state index contributed by atoms with van der Waals surface area (Å²) >= 11 is 0. The van der Waals surface area contributed by atoms with E-state index in [9.17, 15) is 0 Å². The standard InChI is InChI=1S/C17H28N2O2/c1-5-21-17(10-6-7-11-17)16(19-18)14-9-8-12(2)13(3)15(14)20-4/h8-9,16,19H,5-7,10-11,18H2,1-4H3. The molecule has 21 heavy (non-hydrogen) atoms. The highest BCUT2D eigenvalue weighted by atomic mass is 16.5. The van der Waals surface area contributed by atoms with E-state index in [2.05, 4.69) is 31.4 Å². The minimum absolute atomic E-state index is 0.0470. The highest BCUT2D eigenvalue weighted by Gasteiger charge is 2.43. The smallest absolute Gasteiger partial charge is 0.126 e. The van der Waals surface area contributed by atoms with Gasteiger partial charge in [-0.15, -0.1) is 0 Å². The second-order valence-corrected chi connectivity index (χ2v) is 5.93. The second kappa shape index (κ2) is 6.77. The fraction of sp³-hybridized carbons (Fsp3) is 0.647. The Balaban J connectivity index is 2.48. The molecular weight excluding hydrogens is 264 g/mol. The molecule has 1 aliphatic rings. The summed E-state index contributed by atoms with van der Waals surface area (Å²) in [6, 6.07) is 4.20. The van der Waals surface area contributed by atoms with Gasteiger partial charge in [-0.1, -0.05) is 25.0 Å². The van der Waals surface area contributed by atoms with Crippen LogP contribution in [0, 0.1) is 13.8 Å². The maximum absolute atomic E-state index is 6.17. The Bertz CT molecular complexity index is 482. The van der Waals surface area contributed by atoms with E-state index in [-0.39, 0.29) is 11.6 Å². The van der Waals surface area contributed by atoms with Gasteiger partial charge in [-0.2, -0.15) is 0 Å². The number of benzene rings is 1. The zero-order valence-corrected chi connectivity index (χ0v) is 13.7. The molecule has 1 fully saturated rings. The van der Waals surface area contributed by atoms with Gasteiger partial charge in [0.1, 0.15) is 5.75 Å². The Kier molecular flexibility index (Phi) is 5.25. The van der Waals surface area contributed by atoms with Crippen molar-refractivity contribution in [2.45, 2.75) is 58.1 Å². The first-order chi connectivity index (χ1) is 10.1. The number of aryl methyl sites for hydroxylation is 1. The lowest BCUT2D eigenvalue weighted by molar-refractivity contribution is -0.0631. The Hall–Kier alpha value is -1.10. The van der Waals surface area contributed by atoms with Gasteiger partial charge in [0.25, 0.3) is 0 Å². The van der Waals surface area contributed by atoms with Crippen molar-refractivity contribution in [3.63, 3.8) is 0 Å². The molecule has 1 aromatic carbocycles. The van der Waals surface area contributed by atoms with Gasteiger partial charge in [-0.3, -0.25) is 5.84 Å². The Morgan fingerprint density at radius 2 is 1.95 bits per heavy atom. The molecule has 1 aliphatic carbocycles. The summed E-state index contributed by atoms with van der Waals surface area (Å²) in [6.45, 7) is 6.93. The van der Waals surface area contributed by atoms with Crippen molar-refractivity contribution in [3.05, 3.63) is 28.8 Å². The molecule has 0 bridgehead atoms. The molecular formula is C17H28N2O2.